The van der Waals surface area contributed by atoms with Crippen LogP contribution in [-0.2, 0) is 4.74 Å². The molecule has 0 saturated heterocycles. The molecular formula is C15H26N4O. The first-order valence-corrected chi connectivity index (χ1v) is 7.18. The Labute approximate surface area is 121 Å². The molecule has 0 atom stereocenters. The minimum Gasteiger partial charge on any atom is -0.385 e. The first-order chi connectivity index (χ1) is 9.86. The van der Waals surface area contributed by atoms with E-state index in [1.165, 1.54) is 0 Å². The molecule has 1 aromatic rings. The number of benzene rings is 1. The van der Waals surface area contributed by atoms with Crippen molar-refractivity contribution < 1.29 is 4.74 Å². The van der Waals surface area contributed by atoms with Crippen LogP contribution < -0.4 is 16.0 Å². The van der Waals surface area contributed by atoms with E-state index in [0.717, 1.165) is 44.3 Å². The van der Waals surface area contributed by atoms with Crippen LogP contribution in [0.4, 0.5) is 5.69 Å². The number of hydrogen-bond donors (Lipinski definition) is 3. The van der Waals surface area contributed by atoms with Gasteiger partial charge in [0.15, 0.2) is 5.96 Å². The number of ether oxygens (including phenoxy) is 1. The fourth-order valence-corrected chi connectivity index (χ4v) is 1.69. The quantitative estimate of drug-likeness (QED) is 0.365. The fraction of sp³-hybridized carbons (Fsp3) is 0.533. The second-order valence-electron chi connectivity index (χ2n) is 4.27. The number of rotatable bonds is 9. The average Bonchev–Trinajstić information content (AvgIpc) is 2.50. The van der Waals surface area contributed by atoms with Gasteiger partial charge in [-0.3, -0.25) is 4.99 Å². The van der Waals surface area contributed by atoms with E-state index in [0.29, 0.717) is 6.61 Å². The van der Waals surface area contributed by atoms with Gasteiger partial charge in [0.1, 0.15) is 0 Å². The highest BCUT2D eigenvalue weighted by Crippen LogP contribution is 2.03. The summed E-state index contributed by atoms with van der Waals surface area (Å²) in [5, 5.41) is 9.86. The second kappa shape index (κ2) is 11.1. The largest absolute Gasteiger partial charge is 0.385 e. The van der Waals surface area contributed by atoms with Crippen molar-refractivity contribution in [1.29, 1.82) is 0 Å². The molecule has 5 heteroatoms. The van der Waals surface area contributed by atoms with Gasteiger partial charge in [-0.15, -0.1) is 0 Å². The summed E-state index contributed by atoms with van der Waals surface area (Å²) in [5.74, 6) is 0.824. The van der Waals surface area contributed by atoms with Gasteiger partial charge in [-0.2, -0.15) is 0 Å². The van der Waals surface area contributed by atoms with Crippen LogP contribution in [0.1, 0.15) is 13.3 Å². The van der Waals surface area contributed by atoms with E-state index in [2.05, 4.69) is 33.1 Å². The zero-order valence-electron chi connectivity index (χ0n) is 12.5. The Bertz CT molecular complexity index is 367. The highest BCUT2D eigenvalue weighted by Gasteiger charge is 1.96. The van der Waals surface area contributed by atoms with E-state index in [9.17, 15) is 0 Å². The Morgan fingerprint density at radius 1 is 1.10 bits per heavy atom. The van der Waals surface area contributed by atoms with Gasteiger partial charge in [0.2, 0.25) is 0 Å². The van der Waals surface area contributed by atoms with Gasteiger partial charge in [-0.25, -0.2) is 0 Å². The maximum absolute atomic E-state index is 5.27. The van der Waals surface area contributed by atoms with Gasteiger partial charge in [-0.1, -0.05) is 18.2 Å². The van der Waals surface area contributed by atoms with Crippen LogP contribution in [0.3, 0.4) is 0 Å². The fourth-order valence-electron chi connectivity index (χ4n) is 1.69. The molecule has 0 saturated carbocycles. The third-order valence-corrected chi connectivity index (χ3v) is 2.72. The third kappa shape index (κ3) is 7.63. The number of hydrogen-bond acceptors (Lipinski definition) is 3. The van der Waals surface area contributed by atoms with E-state index in [4.69, 9.17) is 4.74 Å². The predicted molar refractivity (Wildman–Crippen MR) is 85.4 cm³/mol. The van der Waals surface area contributed by atoms with Crippen LogP contribution in [0, 0.1) is 0 Å². The topological polar surface area (TPSA) is 57.7 Å². The molecule has 0 aliphatic rings. The van der Waals surface area contributed by atoms with E-state index < -0.39 is 0 Å². The van der Waals surface area contributed by atoms with Gasteiger partial charge in [0.25, 0.3) is 0 Å². The van der Waals surface area contributed by atoms with Gasteiger partial charge in [-0.05, 0) is 25.5 Å². The maximum Gasteiger partial charge on any atom is 0.191 e. The van der Waals surface area contributed by atoms with Crippen molar-refractivity contribution in [2.75, 3.05) is 45.2 Å². The summed E-state index contributed by atoms with van der Waals surface area (Å²) in [6.07, 6.45) is 1.03. The highest BCUT2D eigenvalue weighted by atomic mass is 16.5. The van der Waals surface area contributed by atoms with Crippen molar-refractivity contribution in [3.8, 4) is 0 Å². The molecule has 1 aromatic carbocycles. The number of nitrogens with zero attached hydrogens (tertiary/aromatic N) is 1. The van der Waals surface area contributed by atoms with Gasteiger partial charge >= 0.3 is 0 Å². The molecule has 0 fully saturated rings. The van der Waals surface area contributed by atoms with Gasteiger partial charge in [0.05, 0.1) is 6.61 Å². The van der Waals surface area contributed by atoms with Crippen LogP contribution in [-0.4, -0.2) is 45.9 Å². The summed E-state index contributed by atoms with van der Waals surface area (Å²) >= 11 is 0. The Hall–Kier alpha value is -1.75. The Morgan fingerprint density at radius 2 is 1.85 bits per heavy atom. The van der Waals surface area contributed by atoms with E-state index in [1.807, 2.05) is 25.1 Å². The molecular weight excluding hydrogens is 252 g/mol. The predicted octanol–water partition coefficient (Wildman–Crippen LogP) is 1.69. The molecule has 0 aliphatic carbocycles. The lowest BCUT2D eigenvalue weighted by atomic mass is 10.3. The van der Waals surface area contributed by atoms with Crippen molar-refractivity contribution >= 4 is 11.6 Å². The standard InChI is InChI=1S/C15H26N4O/c1-3-20-13-12-19-15(16-2)18-11-7-10-17-14-8-5-4-6-9-14/h4-6,8-9,17H,3,7,10-13H2,1-2H3,(H2,16,18,19). The summed E-state index contributed by atoms with van der Waals surface area (Å²) < 4.78 is 5.27. The van der Waals surface area contributed by atoms with Gasteiger partial charge < -0.3 is 20.7 Å². The molecule has 0 bridgehead atoms. The number of anilines is 1. The van der Waals surface area contributed by atoms with Crippen LogP contribution >= 0.6 is 0 Å². The van der Waals surface area contributed by atoms with Crippen molar-refractivity contribution in [3.63, 3.8) is 0 Å². The first kappa shape index (κ1) is 16.3. The average molecular weight is 278 g/mol. The molecule has 3 N–H and O–H groups in total. The van der Waals surface area contributed by atoms with Crippen molar-refractivity contribution in [1.82, 2.24) is 10.6 Å². The molecule has 0 spiro atoms. The lowest BCUT2D eigenvalue weighted by molar-refractivity contribution is 0.152. The minimum absolute atomic E-state index is 0.701. The van der Waals surface area contributed by atoms with Crippen molar-refractivity contribution in [3.05, 3.63) is 30.3 Å². The lowest BCUT2D eigenvalue weighted by Gasteiger charge is -2.12. The summed E-state index contributed by atoms with van der Waals surface area (Å²) in [6.45, 7) is 6.04. The molecule has 0 radical (unpaired) electrons. The van der Waals surface area contributed by atoms with Crippen LogP contribution in [0.25, 0.3) is 0 Å². The van der Waals surface area contributed by atoms with Crippen LogP contribution in [0.5, 0.6) is 0 Å². The van der Waals surface area contributed by atoms with Crippen LogP contribution in [0.2, 0.25) is 0 Å². The van der Waals surface area contributed by atoms with E-state index in [-0.39, 0.29) is 0 Å². The summed E-state index contributed by atoms with van der Waals surface area (Å²) in [4.78, 5) is 4.16. The highest BCUT2D eigenvalue weighted by molar-refractivity contribution is 5.79. The number of para-hydroxylation sites is 1. The van der Waals surface area contributed by atoms with Crippen molar-refractivity contribution in [2.45, 2.75) is 13.3 Å². The second-order valence-corrected chi connectivity index (χ2v) is 4.27. The molecule has 0 aromatic heterocycles. The normalized spacial score (nSPS) is 11.2. The Kier molecular flexibility index (Phi) is 9.06. The van der Waals surface area contributed by atoms with Crippen LogP contribution in [0.15, 0.2) is 35.3 Å². The molecule has 0 unspecified atom stereocenters. The number of aliphatic imine (C=N–C) groups is 1. The lowest BCUT2D eigenvalue weighted by Crippen LogP contribution is -2.39. The maximum atomic E-state index is 5.27. The summed E-state index contributed by atoms with van der Waals surface area (Å²) in [6, 6.07) is 10.2. The zero-order chi connectivity index (χ0) is 14.5. The Morgan fingerprint density at radius 3 is 2.55 bits per heavy atom. The van der Waals surface area contributed by atoms with E-state index >= 15 is 0 Å². The molecule has 1 rings (SSSR count). The minimum atomic E-state index is 0.701. The van der Waals surface area contributed by atoms with Crippen molar-refractivity contribution in [2.24, 2.45) is 4.99 Å². The van der Waals surface area contributed by atoms with Gasteiger partial charge in [0, 0.05) is 39.0 Å². The first-order valence-electron chi connectivity index (χ1n) is 7.18. The molecule has 0 aliphatic heterocycles. The number of nitrogens with one attached hydrogen (secondary N) is 3. The summed E-state index contributed by atoms with van der Waals surface area (Å²) in [5.41, 5.74) is 1.16. The molecule has 112 valence electrons. The SMILES string of the molecule is CCOCCNC(=NC)NCCCNc1ccccc1. The monoisotopic (exact) mass is 278 g/mol. The summed E-state index contributed by atoms with van der Waals surface area (Å²) in [7, 11) is 1.78. The molecule has 5 nitrogen and oxygen atoms in total. The smallest absolute Gasteiger partial charge is 0.191 e. The Balaban J connectivity index is 2.04. The zero-order valence-corrected chi connectivity index (χ0v) is 12.5. The molecule has 0 heterocycles. The van der Waals surface area contributed by atoms with E-state index in [1.54, 1.807) is 7.05 Å². The molecule has 0 amide bonds. The number of guanidine groups is 1. The third-order valence-electron chi connectivity index (χ3n) is 2.72. The molecule has 20 heavy (non-hydrogen) atoms.